The number of rotatable bonds is 6. The van der Waals surface area contributed by atoms with E-state index in [1.54, 1.807) is 0 Å². The summed E-state index contributed by atoms with van der Waals surface area (Å²) in [5, 5.41) is 8.74. The monoisotopic (exact) mass is 507 g/mol. The fourth-order valence-electron chi connectivity index (χ4n) is 1.62. The number of benzene rings is 1. The van der Waals surface area contributed by atoms with Crippen molar-refractivity contribution < 1.29 is 4.79 Å². The third-order valence-corrected chi connectivity index (χ3v) is 4.60. The zero-order valence-electron chi connectivity index (χ0n) is 12.3. The molecule has 0 unspecified atom stereocenters. The van der Waals surface area contributed by atoms with Gasteiger partial charge >= 0.3 is 0 Å². The first kappa shape index (κ1) is 21.0. The Morgan fingerprint density at radius 3 is 2.52 bits per heavy atom. The molecule has 0 saturated carbocycles. The highest BCUT2D eigenvalue weighted by molar-refractivity contribution is 14.1. The molecule has 0 aliphatic heterocycles. The lowest BCUT2D eigenvalue weighted by Crippen LogP contribution is -2.56. The van der Waals surface area contributed by atoms with Gasteiger partial charge in [0.15, 0.2) is 5.11 Å². The number of halogens is 4. The van der Waals surface area contributed by atoms with Crippen molar-refractivity contribution in [2.24, 2.45) is 0 Å². The van der Waals surface area contributed by atoms with E-state index < -0.39 is 9.96 Å². The molecule has 1 aromatic carbocycles. The summed E-state index contributed by atoms with van der Waals surface area (Å²) < 4.78 is -0.746. The highest BCUT2D eigenvalue weighted by Crippen LogP contribution is 2.29. The SMILES string of the molecule is CCCCC(=O)N[C@H](NC(=S)Nc1ccccc1I)C(Cl)(Cl)Cl. The molecule has 0 saturated heterocycles. The highest BCUT2D eigenvalue weighted by atomic mass is 127. The molecule has 23 heavy (non-hydrogen) atoms. The van der Waals surface area contributed by atoms with Crippen molar-refractivity contribution in [2.75, 3.05) is 5.32 Å². The van der Waals surface area contributed by atoms with Crippen LogP contribution in [0.25, 0.3) is 0 Å². The van der Waals surface area contributed by atoms with E-state index in [1.165, 1.54) is 0 Å². The van der Waals surface area contributed by atoms with Crippen LogP contribution in [0, 0.1) is 3.57 Å². The van der Waals surface area contributed by atoms with Crippen LogP contribution in [0.4, 0.5) is 5.69 Å². The zero-order chi connectivity index (χ0) is 17.5. The second-order valence-corrected chi connectivity index (χ2v) is 8.66. The molecule has 1 rings (SSSR count). The molecule has 9 heteroatoms. The van der Waals surface area contributed by atoms with Crippen LogP contribution in [0.2, 0.25) is 0 Å². The van der Waals surface area contributed by atoms with Crippen LogP contribution < -0.4 is 16.0 Å². The van der Waals surface area contributed by atoms with Crippen LogP contribution >= 0.6 is 69.6 Å². The number of carbonyl (C=O) groups excluding carboxylic acids is 1. The number of hydrogen-bond donors (Lipinski definition) is 3. The molecular formula is C14H17Cl3IN3OS. The number of nitrogens with one attached hydrogen (secondary N) is 3. The summed E-state index contributed by atoms with van der Waals surface area (Å²) in [6, 6.07) is 7.61. The summed E-state index contributed by atoms with van der Waals surface area (Å²) in [4.78, 5) is 11.9. The molecule has 0 aromatic heterocycles. The van der Waals surface area contributed by atoms with Gasteiger partial charge in [0.2, 0.25) is 9.70 Å². The van der Waals surface area contributed by atoms with E-state index in [9.17, 15) is 4.79 Å². The van der Waals surface area contributed by atoms with E-state index in [-0.39, 0.29) is 11.0 Å². The van der Waals surface area contributed by atoms with Gasteiger partial charge in [0.25, 0.3) is 0 Å². The predicted molar refractivity (Wildman–Crippen MR) is 110 cm³/mol. The van der Waals surface area contributed by atoms with E-state index in [4.69, 9.17) is 47.0 Å². The maximum Gasteiger partial charge on any atom is 0.228 e. The maximum atomic E-state index is 11.9. The summed E-state index contributed by atoms with van der Waals surface area (Å²) >= 11 is 25.2. The van der Waals surface area contributed by atoms with Crippen molar-refractivity contribution in [1.29, 1.82) is 0 Å². The molecule has 0 fully saturated rings. The number of amides is 1. The average molecular weight is 509 g/mol. The number of hydrogen-bond acceptors (Lipinski definition) is 2. The third kappa shape index (κ3) is 8.07. The highest BCUT2D eigenvalue weighted by Gasteiger charge is 2.34. The fourth-order valence-corrected chi connectivity index (χ4v) is 2.70. The topological polar surface area (TPSA) is 53.2 Å². The lowest BCUT2D eigenvalue weighted by molar-refractivity contribution is -0.122. The number of alkyl halides is 3. The lowest BCUT2D eigenvalue weighted by Gasteiger charge is -2.28. The Kier molecular flexibility index (Phi) is 9.21. The Hall–Kier alpha value is -0.0200. The molecule has 1 aromatic rings. The molecule has 0 heterocycles. The molecule has 128 valence electrons. The Bertz CT molecular complexity index is 554. The van der Waals surface area contributed by atoms with Gasteiger partial charge in [-0.1, -0.05) is 60.3 Å². The Morgan fingerprint density at radius 1 is 1.30 bits per heavy atom. The Morgan fingerprint density at radius 2 is 1.96 bits per heavy atom. The summed E-state index contributed by atoms with van der Waals surface area (Å²) in [5.74, 6) is -0.201. The largest absolute Gasteiger partial charge is 0.339 e. The van der Waals surface area contributed by atoms with Crippen LogP contribution in [0.5, 0.6) is 0 Å². The van der Waals surface area contributed by atoms with Gasteiger partial charge in [-0.3, -0.25) is 4.79 Å². The molecule has 1 amide bonds. The van der Waals surface area contributed by atoms with E-state index in [2.05, 4.69) is 38.5 Å². The molecule has 0 bridgehead atoms. The zero-order valence-corrected chi connectivity index (χ0v) is 17.6. The molecular weight excluding hydrogens is 492 g/mol. The van der Waals surface area contributed by atoms with Crippen molar-refractivity contribution in [3.63, 3.8) is 0 Å². The summed E-state index contributed by atoms with van der Waals surface area (Å²) in [5.41, 5.74) is 0.825. The van der Waals surface area contributed by atoms with Gasteiger partial charge in [-0.2, -0.15) is 0 Å². The smallest absolute Gasteiger partial charge is 0.228 e. The van der Waals surface area contributed by atoms with E-state index >= 15 is 0 Å². The van der Waals surface area contributed by atoms with Crippen molar-refractivity contribution in [1.82, 2.24) is 10.6 Å². The van der Waals surface area contributed by atoms with E-state index in [1.807, 2.05) is 31.2 Å². The number of anilines is 1. The second-order valence-electron chi connectivity index (χ2n) is 4.72. The minimum absolute atomic E-state index is 0.201. The van der Waals surface area contributed by atoms with Crippen molar-refractivity contribution in [3.05, 3.63) is 27.8 Å². The predicted octanol–water partition coefficient (Wildman–Crippen LogP) is 4.58. The summed E-state index contributed by atoms with van der Waals surface area (Å²) in [6.45, 7) is 2.00. The lowest BCUT2D eigenvalue weighted by atomic mass is 10.2. The molecule has 1 atom stereocenters. The Labute approximate surface area is 170 Å². The number of thiocarbonyl (C=S) groups is 1. The summed E-state index contributed by atoms with van der Waals surface area (Å²) in [7, 11) is 0. The quantitative estimate of drug-likeness (QED) is 0.228. The number of para-hydroxylation sites is 1. The van der Waals surface area contributed by atoms with Gasteiger partial charge in [0.05, 0.1) is 5.69 Å². The standard InChI is InChI=1S/C14H17Cl3IN3OS/c1-2-3-8-11(22)20-12(14(15,16)17)21-13(23)19-10-7-5-4-6-9(10)18/h4-7,12H,2-3,8H2,1H3,(H,20,22)(H2,19,21,23)/t12-/m1/s1. The fraction of sp³-hybridized carbons (Fsp3) is 0.429. The van der Waals surface area contributed by atoms with Crippen LogP contribution in [0.15, 0.2) is 24.3 Å². The van der Waals surface area contributed by atoms with Gasteiger partial charge in [-0.15, -0.1) is 0 Å². The molecule has 0 radical (unpaired) electrons. The third-order valence-electron chi connectivity index (χ3n) is 2.79. The van der Waals surface area contributed by atoms with Crippen molar-refractivity contribution in [3.8, 4) is 0 Å². The second kappa shape index (κ2) is 10.1. The first-order valence-electron chi connectivity index (χ1n) is 6.92. The molecule has 0 aliphatic rings. The first-order valence-corrected chi connectivity index (χ1v) is 9.54. The number of carbonyl (C=O) groups is 1. The van der Waals surface area contributed by atoms with Gasteiger partial charge in [-0.05, 0) is 53.4 Å². The van der Waals surface area contributed by atoms with Crippen LogP contribution in [-0.4, -0.2) is 21.0 Å². The molecule has 0 spiro atoms. The van der Waals surface area contributed by atoms with Gasteiger partial charge < -0.3 is 16.0 Å². The Balaban J connectivity index is 2.68. The van der Waals surface area contributed by atoms with E-state index in [0.717, 1.165) is 22.1 Å². The minimum atomic E-state index is -1.74. The van der Waals surface area contributed by atoms with Gasteiger partial charge in [0.1, 0.15) is 6.17 Å². The maximum absolute atomic E-state index is 11.9. The summed E-state index contributed by atoms with van der Waals surface area (Å²) in [6.07, 6.45) is 1.11. The van der Waals surface area contributed by atoms with Crippen LogP contribution in [0.3, 0.4) is 0 Å². The van der Waals surface area contributed by atoms with Crippen molar-refractivity contribution >= 4 is 86.3 Å². The average Bonchev–Trinajstić information content (AvgIpc) is 2.46. The molecule has 3 N–H and O–H groups in total. The number of unbranched alkanes of at least 4 members (excludes halogenated alkanes) is 1. The first-order chi connectivity index (χ1) is 10.7. The van der Waals surface area contributed by atoms with Crippen LogP contribution in [0.1, 0.15) is 26.2 Å². The normalized spacial score (nSPS) is 12.4. The minimum Gasteiger partial charge on any atom is -0.339 e. The van der Waals surface area contributed by atoms with Gasteiger partial charge in [0, 0.05) is 9.99 Å². The van der Waals surface area contributed by atoms with E-state index in [0.29, 0.717) is 6.42 Å². The van der Waals surface area contributed by atoms with Gasteiger partial charge in [-0.25, -0.2) is 0 Å². The van der Waals surface area contributed by atoms with Crippen molar-refractivity contribution in [2.45, 2.75) is 36.1 Å². The molecule has 0 aliphatic carbocycles. The van der Waals surface area contributed by atoms with Crippen LogP contribution in [-0.2, 0) is 4.79 Å². The molecule has 4 nitrogen and oxygen atoms in total.